The van der Waals surface area contributed by atoms with Crippen molar-refractivity contribution in [1.29, 1.82) is 0 Å². The molecule has 0 unspecified atom stereocenters. The number of piperidine rings is 1. The van der Waals surface area contributed by atoms with Crippen LogP contribution in [0.4, 0.5) is 5.69 Å². The van der Waals surface area contributed by atoms with Crippen molar-refractivity contribution in [3.8, 4) is 0 Å². The van der Waals surface area contributed by atoms with E-state index < -0.39 is 0 Å². The van der Waals surface area contributed by atoms with Gasteiger partial charge in [-0.3, -0.25) is 4.68 Å². The Kier molecular flexibility index (Phi) is 3.67. The molecule has 1 saturated heterocycles. The molecule has 1 aliphatic rings. The fourth-order valence-electron chi connectivity index (χ4n) is 2.60. The SMILES string of the molecule is Clc1cccc(N2CCC(n3cccn3)CC2)c1Cl. The van der Waals surface area contributed by atoms with Crippen LogP contribution in [0.15, 0.2) is 36.7 Å². The molecule has 0 bridgehead atoms. The van der Waals surface area contributed by atoms with Crippen molar-refractivity contribution in [2.45, 2.75) is 18.9 Å². The predicted molar refractivity (Wildman–Crippen MR) is 79.2 cm³/mol. The summed E-state index contributed by atoms with van der Waals surface area (Å²) in [6.07, 6.45) is 6.02. The Hall–Kier alpha value is -1.19. The Bertz CT molecular complexity index is 546. The number of nitrogens with zero attached hydrogens (tertiary/aromatic N) is 3. The molecule has 1 fully saturated rings. The standard InChI is InChI=1S/C14H15Cl2N3/c15-12-3-1-4-13(14(12)16)18-9-5-11(6-10-18)19-8-2-7-17-19/h1-4,7-8,11H,5-6,9-10H2. The zero-order chi connectivity index (χ0) is 13.2. The second-order valence-electron chi connectivity index (χ2n) is 4.78. The summed E-state index contributed by atoms with van der Waals surface area (Å²) in [5.41, 5.74) is 1.04. The zero-order valence-corrected chi connectivity index (χ0v) is 12.0. The average molecular weight is 296 g/mol. The van der Waals surface area contributed by atoms with Crippen molar-refractivity contribution in [3.05, 3.63) is 46.7 Å². The molecule has 1 aromatic heterocycles. The lowest BCUT2D eigenvalue weighted by Crippen LogP contribution is -2.34. The minimum Gasteiger partial charge on any atom is -0.370 e. The summed E-state index contributed by atoms with van der Waals surface area (Å²) in [6, 6.07) is 8.26. The highest BCUT2D eigenvalue weighted by atomic mass is 35.5. The molecule has 19 heavy (non-hydrogen) atoms. The Labute approximate surface area is 122 Å². The van der Waals surface area contributed by atoms with Gasteiger partial charge in [-0.25, -0.2) is 0 Å². The minimum absolute atomic E-state index is 0.490. The molecule has 2 heterocycles. The lowest BCUT2D eigenvalue weighted by molar-refractivity contribution is 0.367. The van der Waals surface area contributed by atoms with Crippen LogP contribution in [0.1, 0.15) is 18.9 Å². The second kappa shape index (κ2) is 5.43. The second-order valence-corrected chi connectivity index (χ2v) is 5.56. The lowest BCUT2D eigenvalue weighted by Gasteiger charge is -2.34. The first-order chi connectivity index (χ1) is 9.25. The van der Waals surface area contributed by atoms with Crippen molar-refractivity contribution in [2.75, 3.05) is 18.0 Å². The molecule has 1 aromatic carbocycles. The molecule has 0 N–H and O–H groups in total. The van der Waals surface area contributed by atoms with Crippen molar-refractivity contribution in [1.82, 2.24) is 9.78 Å². The van der Waals surface area contributed by atoms with E-state index in [0.717, 1.165) is 31.6 Å². The van der Waals surface area contributed by atoms with E-state index in [1.165, 1.54) is 0 Å². The van der Waals surface area contributed by atoms with Gasteiger partial charge in [-0.15, -0.1) is 0 Å². The van der Waals surface area contributed by atoms with E-state index in [1.807, 2.05) is 36.7 Å². The van der Waals surface area contributed by atoms with Gasteiger partial charge in [0.1, 0.15) is 0 Å². The molecule has 0 saturated carbocycles. The number of hydrogen-bond donors (Lipinski definition) is 0. The van der Waals surface area contributed by atoms with Crippen LogP contribution in [0.5, 0.6) is 0 Å². The van der Waals surface area contributed by atoms with Crippen molar-refractivity contribution in [2.24, 2.45) is 0 Å². The van der Waals surface area contributed by atoms with Crippen molar-refractivity contribution >= 4 is 28.9 Å². The van der Waals surface area contributed by atoms with Gasteiger partial charge < -0.3 is 4.90 Å². The van der Waals surface area contributed by atoms with Gasteiger partial charge in [0.15, 0.2) is 0 Å². The van der Waals surface area contributed by atoms with Gasteiger partial charge in [-0.2, -0.15) is 5.10 Å². The van der Waals surface area contributed by atoms with E-state index in [0.29, 0.717) is 16.1 Å². The van der Waals surface area contributed by atoms with Crippen LogP contribution >= 0.6 is 23.2 Å². The molecule has 1 aliphatic heterocycles. The Morgan fingerprint density at radius 2 is 1.89 bits per heavy atom. The summed E-state index contributed by atoms with van der Waals surface area (Å²) in [5.74, 6) is 0. The van der Waals surface area contributed by atoms with Crippen molar-refractivity contribution in [3.63, 3.8) is 0 Å². The summed E-state index contributed by atoms with van der Waals surface area (Å²) in [7, 11) is 0. The molecule has 0 aliphatic carbocycles. The van der Waals surface area contributed by atoms with Crippen LogP contribution in [-0.4, -0.2) is 22.9 Å². The summed E-state index contributed by atoms with van der Waals surface area (Å²) >= 11 is 12.3. The van der Waals surface area contributed by atoms with Gasteiger partial charge in [0.2, 0.25) is 0 Å². The largest absolute Gasteiger partial charge is 0.370 e. The van der Waals surface area contributed by atoms with E-state index in [-0.39, 0.29) is 0 Å². The Balaban J connectivity index is 1.72. The van der Waals surface area contributed by atoms with E-state index in [4.69, 9.17) is 23.2 Å². The van der Waals surface area contributed by atoms with Crippen LogP contribution in [0, 0.1) is 0 Å². The predicted octanol–water partition coefficient (Wildman–Crippen LogP) is 4.03. The molecular formula is C14H15Cl2N3. The molecule has 2 aromatic rings. The van der Waals surface area contributed by atoms with Gasteiger partial charge in [0.25, 0.3) is 0 Å². The number of rotatable bonds is 2. The van der Waals surface area contributed by atoms with Gasteiger partial charge in [0, 0.05) is 25.5 Å². The van der Waals surface area contributed by atoms with Gasteiger partial charge in [-0.1, -0.05) is 29.3 Å². The van der Waals surface area contributed by atoms with Crippen LogP contribution < -0.4 is 4.90 Å². The molecular weight excluding hydrogens is 281 g/mol. The molecule has 3 rings (SSSR count). The lowest BCUT2D eigenvalue weighted by atomic mass is 10.0. The van der Waals surface area contributed by atoms with Gasteiger partial charge >= 0.3 is 0 Å². The highest BCUT2D eigenvalue weighted by molar-refractivity contribution is 6.43. The summed E-state index contributed by atoms with van der Waals surface area (Å²) in [4.78, 5) is 2.30. The van der Waals surface area contributed by atoms with E-state index in [2.05, 4.69) is 14.7 Å². The number of aromatic nitrogens is 2. The molecule has 0 spiro atoms. The monoisotopic (exact) mass is 295 g/mol. The summed E-state index contributed by atoms with van der Waals surface area (Å²) in [6.45, 7) is 1.95. The third-order valence-electron chi connectivity index (χ3n) is 3.64. The van der Waals surface area contributed by atoms with Crippen molar-refractivity contribution < 1.29 is 0 Å². The van der Waals surface area contributed by atoms with Gasteiger partial charge in [0.05, 0.1) is 21.8 Å². The van der Waals surface area contributed by atoms with Crippen LogP contribution in [-0.2, 0) is 0 Å². The number of hydrogen-bond acceptors (Lipinski definition) is 2. The van der Waals surface area contributed by atoms with Crippen LogP contribution in [0.2, 0.25) is 10.0 Å². The minimum atomic E-state index is 0.490. The third-order valence-corrected chi connectivity index (χ3v) is 4.44. The first-order valence-corrected chi connectivity index (χ1v) is 7.19. The van der Waals surface area contributed by atoms with E-state index in [1.54, 1.807) is 0 Å². The highest BCUT2D eigenvalue weighted by Crippen LogP contribution is 2.35. The molecule has 3 nitrogen and oxygen atoms in total. The Morgan fingerprint density at radius 1 is 1.11 bits per heavy atom. The van der Waals surface area contributed by atoms with Crippen LogP contribution in [0.25, 0.3) is 0 Å². The number of anilines is 1. The molecule has 0 amide bonds. The fourth-order valence-corrected chi connectivity index (χ4v) is 3.02. The molecule has 5 heteroatoms. The van der Waals surface area contributed by atoms with E-state index in [9.17, 15) is 0 Å². The summed E-state index contributed by atoms with van der Waals surface area (Å²) in [5, 5.41) is 5.59. The Morgan fingerprint density at radius 3 is 2.58 bits per heavy atom. The molecule has 0 atom stereocenters. The quantitative estimate of drug-likeness (QED) is 0.834. The smallest absolute Gasteiger partial charge is 0.0825 e. The normalized spacial score (nSPS) is 16.8. The topological polar surface area (TPSA) is 21.1 Å². The van der Waals surface area contributed by atoms with Gasteiger partial charge in [-0.05, 0) is 31.0 Å². The highest BCUT2D eigenvalue weighted by Gasteiger charge is 2.22. The number of benzene rings is 1. The van der Waals surface area contributed by atoms with E-state index >= 15 is 0 Å². The maximum atomic E-state index is 6.27. The fraction of sp³-hybridized carbons (Fsp3) is 0.357. The maximum absolute atomic E-state index is 6.27. The third kappa shape index (κ3) is 2.58. The average Bonchev–Trinajstić information content (AvgIpc) is 2.96. The number of halogens is 2. The first kappa shape index (κ1) is 12.8. The molecule has 100 valence electrons. The van der Waals surface area contributed by atoms with Crippen LogP contribution in [0.3, 0.4) is 0 Å². The summed E-state index contributed by atoms with van der Waals surface area (Å²) < 4.78 is 2.05. The zero-order valence-electron chi connectivity index (χ0n) is 10.5. The molecule has 0 radical (unpaired) electrons. The maximum Gasteiger partial charge on any atom is 0.0825 e. The first-order valence-electron chi connectivity index (χ1n) is 6.44.